The summed E-state index contributed by atoms with van der Waals surface area (Å²) in [5.74, 6) is 0.275. The Morgan fingerprint density at radius 1 is 1.22 bits per heavy atom. The Balaban J connectivity index is 1.27. The number of aliphatic hydroxyl groups excluding tert-OH is 1. The average Bonchev–Trinajstić information content (AvgIpc) is 3.65. The van der Waals surface area contributed by atoms with Crippen LogP contribution in [-0.4, -0.2) is 56.1 Å². The molecule has 32 heavy (non-hydrogen) atoms. The minimum Gasteiger partial charge on any atom is -0.490 e. The van der Waals surface area contributed by atoms with E-state index in [0.717, 1.165) is 31.2 Å². The molecule has 0 aromatic heterocycles. The number of ether oxygens (including phenoxy) is 1. The summed E-state index contributed by atoms with van der Waals surface area (Å²) in [5, 5.41) is 12.1. The van der Waals surface area contributed by atoms with Crippen molar-refractivity contribution in [2.75, 3.05) is 25.4 Å². The number of carbonyl (C=O) groups excluding carboxylic acids is 1. The molecule has 0 spiro atoms. The lowest BCUT2D eigenvalue weighted by Gasteiger charge is -2.20. The summed E-state index contributed by atoms with van der Waals surface area (Å²) in [5.41, 5.74) is 0.739. The summed E-state index contributed by atoms with van der Waals surface area (Å²) in [6.45, 7) is 1.18. The third-order valence-corrected chi connectivity index (χ3v) is 7.67. The summed E-state index contributed by atoms with van der Waals surface area (Å²) >= 11 is 0. The van der Waals surface area contributed by atoms with Crippen molar-refractivity contribution in [1.82, 2.24) is 14.9 Å². The molecule has 3 fully saturated rings. The molecule has 0 bridgehead atoms. The first-order chi connectivity index (χ1) is 15.3. The maximum Gasteiger partial charge on any atom is 0.237 e. The molecule has 1 aliphatic heterocycles. The molecule has 1 heterocycles. The highest BCUT2D eigenvalue weighted by atomic mass is 32.2. The number of sulfonamides is 1. The van der Waals surface area contributed by atoms with Gasteiger partial charge in [0.25, 0.3) is 0 Å². The number of unbranched alkanes of at least 4 members (excludes halogenated alkanes) is 2. The van der Waals surface area contributed by atoms with Crippen LogP contribution in [0.4, 0.5) is 4.39 Å². The van der Waals surface area contributed by atoms with Gasteiger partial charge in [0.15, 0.2) is 17.9 Å². The number of rotatable bonds is 13. The van der Waals surface area contributed by atoms with E-state index in [1.807, 2.05) is 0 Å². The van der Waals surface area contributed by atoms with Crippen LogP contribution < -0.4 is 14.8 Å². The molecule has 3 N–H and O–H groups in total. The van der Waals surface area contributed by atoms with Crippen LogP contribution >= 0.6 is 0 Å². The van der Waals surface area contributed by atoms with E-state index in [1.165, 1.54) is 6.07 Å². The minimum atomic E-state index is -3.51. The van der Waals surface area contributed by atoms with Crippen molar-refractivity contribution >= 4 is 15.9 Å². The third kappa shape index (κ3) is 6.63. The smallest absolute Gasteiger partial charge is 0.237 e. The highest BCUT2D eigenvalue weighted by Crippen LogP contribution is 2.42. The predicted octanol–water partition coefficient (Wildman–Crippen LogP) is 1.86. The zero-order valence-electron chi connectivity index (χ0n) is 18.1. The number of nitrogens with one attached hydrogen (secondary N) is 2. The Morgan fingerprint density at radius 3 is 2.66 bits per heavy atom. The Kier molecular flexibility index (Phi) is 7.34. The predicted molar refractivity (Wildman–Crippen MR) is 117 cm³/mol. The van der Waals surface area contributed by atoms with Gasteiger partial charge in [-0.3, -0.25) is 9.69 Å². The molecule has 4 rings (SSSR count). The Labute approximate surface area is 188 Å². The van der Waals surface area contributed by atoms with Gasteiger partial charge in [0.2, 0.25) is 15.9 Å². The molecular formula is C22H32FN3O5S. The fourth-order valence-corrected chi connectivity index (χ4v) is 5.39. The highest BCUT2D eigenvalue weighted by Gasteiger charge is 2.35. The van der Waals surface area contributed by atoms with Crippen molar-refractivity contribution < 1.29 is 27.4 Å². The van der Waals surface area contributed by atoms with Crippen molar-refractivity contribution in [3.63, 3.8) is 0 Å². The largest absolute Gasteiger partial charge is 0.490 e. The van der Waals surface area contributed by atoms with Crippen LogP contribution in [0.15, 0.2) is 18.2 Å². The number of nitrogens with zero attached hydrogens (tertiary/aromatic N) is 1. The molecule has 2 saturated carbocycles. The summed E-state index contributed by atoms with van der Waals surface area (Å²) in [6.07, 6.45) is 4.98. The SMILES string of the molecule is O=C1CN(CCCCCS(=O)(=O)NC(c2ccc(F)c(OCC3CC3)c2)C2CC2)C(O)N1. The van der Waals surface area contributed by atoms with Crippen LogP contribution in [0.25, 0.3) is 0 Å². The van der Waals surface area contributed by atoms with Crippen LogP contribution in [-0.2, 0) is 14.8 Å². The van der Waals surface area contributed by atoms with E-state index in [0.29, 0.717) is 38.3 Å². The van der Waals surface area contributed by atoms with Gasteiger partial charge in [-0.1, -0.05) is 12.5 Å². The second kappa shape index (κ2) is 10.0. The minimum absolute atomic E-state index is 0.00217. The maximum absolute atomic E-state index is 14.1. The van der Waals surface area contributed by atoms with Gasteiger partial charge in [-0.25, -0.2) is 17.5 Å². The number of carbonyl (C=O) groups is 1. The average molecular weight is 470 g/mol. The number of hydrogen-bond acceptors (Lipinski definition) is 6. The van der Waals surface area contributed by atoms with E-state index in [1.54, 1.807) is 17.0 Å². The zero-order chi connectivity index (χ0) is 22.7. The fourth-order valence-electron chi connectivity index (χ4n) is 3.97. The first-order valence-corrected chi connectivity index (χ1v) is 13.1. The quantitative estimate of drug-likeness (QED) is 0.381. The zero-order valence-corrected chi connectivity index (χ0v) is 18.9. The monoisotopic (exact) mass is 469 g/mol. The standard InChI is InChI=1S/C22H32FN3O5S/c23-18-9-8-17(12-19(18)31-14-15-4-5-15)21(16-6-7-16)25-32(29,30)11-3-1-2-10-26-13-20(27)24-22(26)28/h8-9,12,15-16,21-22,25,28H,1-7,10-11,13-14H2,(H,24,27). The Hall–Kier alpha value is -1.75. The number of amides is 1. The van der Waals surface area contributed by atoms with E-state index in [2.05, 4.69) is 10.0 Å². The molecular weight excluding hydrogens is 437 g/mol. The molecule has 178 valence electrons. The molecule has 2 unspecified atom stereocenters. The summed E-state index contributed by atoms with van der Waals surface area (Å²) in [6, 6.07) is 4.26. The molecule has 1 amide bonds. The first-order valence-electron chi connectivity index (χ1n) is 11.4. The molecule has 3 aliphatic rings. The van der Waals surface area contributed by atoms with Gasteiger partial charge in [0.1, 0.15) is 0 Å². The van der Waals surface area contributed by atoms with Crippen molar-refractivity contribution in [2.45, 2.75) is 57.3 Å². The van der Waals surface area contributed by atoms with Crippen LogP contribution in [0.2, 0.25) is 0 Å². The molecule has 2 aliphatic carbocycles. The molecule has 1 aromatic rings. The summed E-state index contributed by atoms with van der Waals surface area (Å²) in [7, 11) is -3.51. The van der Waals surface area contributed by atoms with Crippen molar-refractivity contribution in [1.29, 1.82) is 0 Å². The van der Waals surface area contributed by atoms with E-state index in [-0.39, 0.29) is 35.9 Å². The van der Waals surface area contributed by atoms with Gasteiger partial charge >= 0.3 is 0 Å². The van der Waals surface area contributed by atoms with Crippen LogP contribution in [0.5, 0.6) is 5.75 Å². The Morgan fingerprint density at radius 2 is 2.00 bits per heavy atom. The lowest BCUT2D eigenvalue weighted by atomic mass is 10.0. The molecule has 1 aromatic carbocycles. The van der Waals surface area contributed by atoms with Crippen molar-refractivity contribution in [3.8, 4) is 5.75 Å². The maximum atomic E-state index is 14.1. The summed E-state index contributed by atoms with van der Waals surface area (Å²) in [4.78, 5) is 12.9. The first kappa shape index (κ1) is 23.4. The molecule has 1 saturated heterocycles. The van der Waals surface area contributed by atoms with Crippen molar-refractivity contribution in [3.05, 3.63) is 29.6 Å². The lowest BCUT2D eigenvalue weighted by Crippen LogP contribution is -2.36. The van der Waals surface area contributed by atoms with Gasteiger partial charge in [-0.15, -0.1) is 0 Å². The van der Waals surface area contributed by atoms with Gasteiger partial charge in [0, 0.05) is 12.6 Å². The second-order valence-corrected chi connectivity index (χ2v) is 11.0. The van der Waals surface area contributed by atoms with Crippen LogP contribution in [0, 0.1) is 17.7 Å². The third-order valence-electron chi connectivity index (χ3n) is 6.23. The molecule has 2 atom stereocenters. The number of aliphatic hydroxyl groups is 1. The Bertz CT molecular complexity index is 920. The van der Waals surface area contributed by atoms with Gasteiger partial charge < -0.3 is 15.2 Å². The molecule has 8 nitrogen and oxygen atoms in total. The topological polar surface area (TPSA) is 108 Å². The van der Waals surface area contributed by atoms with E-state index < -0.39 is 22.2 Å². The number of benzene rings is 1. The second-order valence-electron chi connectivity index (χ2n) is 9.17. The van der Waals surface area contributed by atoms with Gasteiger partial charge in [0.05, 0.1) is 18.9 Å². The van der Waals surface area contributed by atoms with E-state index in [4.69, 9.17) is 4.74 Å². The van der Waals surface area contributed by atoms with Crippen molar-refractivity contribution in [2.24, 2.45) is 11.8 Å². The normalized spacial score (nSPS) is 22.7. The fraction of sp³-hybridized carbons (Fsp3) is 0.682. The van der Waals surface area contributed by atoms with E-state index in [9.17, 15) is 22.7 Å². The highest BCUT2D eigenvalue weighted by molar-refractivity contribution is 7.89. The van der Waals surface area contributed by atoms with E-state index >= 15 is 0 Å². The summed E-state index contributed by atoms with van der Waals surface area (Å²) < 4.78 is 48.0. The van der Waals surface area contributed by atoms with Gasteiger partial charge in [-0.2, -0.15) is 0 Å². The van der Waals surface area contributed by atoms with Gasteiger partial charge in [-0.05, 0) is 68.1 Å². The molecule has 0 radical (unpaired) electrons. The van der Waals surface area contributed by atoms with Crippen LogP contribution in [0.3, 0.4) is 0 Å². The number of hydrogen-bond donors (Lipinski definition) is 3. The lowest BCUT2D eigenvalue weighted by molar-refractivity contribution is -0.119. The molecule has 10 heteroatoms. The van der Waals surface area contributed by atoms with Crippen LogP contribution in [0.1, 0.15) is 56.6 Å². The number of halogens is 1.